The number of hydrogen-bond acceptors (Lipinski definition) is 3. The smallest absolute Gasteiger partial charge is 0.223 e. The Morgan fingerprint density at radius 2 is 1.39 bits per heavy atom. The summed E-state index contributed by atoms with van der Waals surface area (Å²) in [6, 6.07) is 27.2. The fourth-order valence-corrected chi connectivity index (χ4v) is 6.03. The molecule has 1 fully saturated rings. The minimum atomic E-state index is -3.42. The molecular weight excluding hydrogens is 432 g/mol. The van der Waals surface area contributed by atoms with Crippen LogP contribution in [-0.4, -0.2) is 31.7 Å². The van der Waals surface area contributed by atoms with E-state index in [1.165, 1.54) is 4.31 Å². The lowest BCUT2D eigenvalue weighted by Gasteiger charge is -2.32. The van der Waals surface area contributed by atoms with Gasteiger partial charge in [-0.15, -0.1) is 0 Å². The molecule has 0 aromatic heterocycles. The van der Waals surface area contributed by atoms with E-state index in [4.69, 9.17) is 0 Å². The first kappa shape index (κ1) is 23.2. The number of hydrogen-bond donors (Lipinski definition) is 1. The van der Waals surface area contributed by atoms with Gasteiger partial charge in [-0.2, -0.15) is 0 Å². The molecule has 0 aliphatic carbocycles. The fourth-order valence-electron chi connectivity index (χ4n) is 4.37. The molecule has 4 rings (SSSR count). The molecule has 0 saturated carbocycles. The Balaban J connectivity index is 1.41. The van der Waals surface area contributed by atoms with E-state index >= 15 is 0 Å². The highest BCUT2D eigenvalue weighted by molar-refractivity contribution is 7.88. The average molecular weight is 463 g/mol. The van der Waals surface area contributed by atoms with Gasteiger partial charge < -0.3 is 5.32 Å². The second-order valence-electron chi connectivity index (χ2n) is 8.62. The molecule has 33 heavy (non-hydrogen) atoms. The quantitative estimate of drug-likeness (QED) is 0.564. The van der Waals surface area contributed by atoms with E-state index in [-0.39, 0.29) is 23.6 Å². The maximum absolute atomic E-state index is 13.2. The molecule has 0 atom stereocenters. The Hall–Kier alpha value is -2.96. The van der Waals surface area contributed by atoms with Gasteiger partial charge in [-0.05, 0) is 42.0 Å². The summed E-state index contributed by atoms with van der Waals surface area (Å²) >= 11 is 0. The van der Waals surface area contributed by atoms with E-state index in [0.29, 0.717) is 25.9 Å². The van der Waals surface area contributed by atoms with Gasteiger partial charge in [-0.1, -0.05) is 84.9 Å². The van der Waals surface area contributed by atoms with Gasteiger partial charge in [-0.3, -0.25) is 4.79 Å². The molecule has 1 amide bonds. The number of piperidine rings is 1. The van der Waals surface area contributed by atoms with E-state index in [1.807, 2.05) is 91.9 Å². The molecule has 0 radical (unpaired) electrons. The van der Waals surface area contributed by atoms with E-state index in [9.17, 15) is 13.2 Å². The van der Waals surface area contributed by atoms with Crippen molar-refractivity contribution >= 4 is 15.9 Å². The maximum atomic E-state index is 13.2. The second kappa shape index (κ2) is 10.3. The Kier molecular flexibility index (Phi) is 7.26. The van der Waals surface area contributed by atoms with Gasteiger partial charge in [0.25, 0.3) is 0 Å². The molecule has 1 aliphatic rings. The highest BCUT2D eigenvalue weighted by Crippen LogP contribution is 2.26. The number of nitrogens with zero attached hydrogens (tertiary/aromatic N) is 1. The first-order valence-corrected chi connectivity index (χ1v) is 13.0. The van der Waals surface area contributed by atoms with Crippen molar-refractivity contribution in [2.24, 2.45) is 5.92 Å². The molecule has 3 aromatic rings. The normalized spacial score (nSPS) is 15.5. The predicted octanol–water partition coefficient (Wildman–Crippen LogP) is 4.44. The SMILES string of the molecule is Cc1ccccc1CS(=O)(=O)N1CCC(C(=O)NC(c2ccccc2)c2ccccc2)CC1. The Labute approximate surface area is 196 Å². The summed E-state index contributed by atoms with van der Waals surface area (Å²) in [4.78, 5) is 13.2. The maximum Gasteiger partial charge on any atom is 0.223 e. The zero-order valence-corrected chi connectivity index (χ0v) is 19.7. The van der Waals surface area contributed by atoms with Gasteiger partial charge in [0, 0.05) is 19.0 Å². The van der Waals surface area contributed by atoms with Gasteiger partial charge in [0.05, 0.1) is 11.8 Å². The molecule has 3 aromatic carbocycles. The van der Waals surface area contributed by atoms with Crippen molar-refractivity contribution in [2.45, 2.75) is 31.6 Å². The van der Waals surface area contributed by atoms with Crippen LogP contribution < -0.4 is 5.32 Å². The van der Waals surface area contributed by atoms with Crippen LogP contribution in [-0.2, 0) is 20.6 Å². The largest absolute Gasteiger partial charge is 0.345 e. The lowest BCUT2D eigenvalue weighted by Crippen LogP contribution is -2.44. The van der Waals surface area contributed by atoms with Crippen molar-refractivity contribution in [3.8, 4) is 0 Å². The molecule has 6 heteroatoms. The fraction of sp³-hybridized carbons (Fsp3) is 0.296. The van der Waals surface area contributed by atoms with Crippen LogP contribution in [0.4, 0.5) is 0 Å². The van der Waals surface area contributed by atoms with Crippen LogP contribution >= 0.6 is 0 Å². The molecule has 5 nitrogen and oxygen atoms in total. The van der Waals surface area contributed by atoms with Crippen LogP contribution in [0.3, 0.4) is 0 Å². The molecule has 0 unspecified atom stereocenters. The molecule has 1 heterocycles. The number of amides is 1. The van der Waals surface area contributed by atoms with Gasteiger partial charge in [0.15, 0.2) is 0 Å². The van der Waals surface area contributed by atoms with Gasteiger partial charge in [-0.25, -0.2) is 12.7 Å². The third kappa shape index (κ3) is 5.70. The van der Waals surface area contributed by atoms with E-state index in [0.717, 1.165) is 22.3 Å². The number of benzene rings is 3. The summed E-state index contributed by atoms with van der Waals surface area (Å²) in [5, 5.41) is 3.21. The number of carbonyl (C=O) groups excluding carboxylic acids is 1. The Bertz CT molecular complexity index is 1130. The monoisotopic (exact) mass is 462 g/mol. The van der Waals surface area contributed by atoms with Crippen molar-refractivity contribution in [1.29, 1.82) is 0 Å². The molecule has 1 N–H and O–H groups in total. The van der Waals surface area contributed by atoms with Crippen molar-refractivity contribution in [1.82, 2.24) is 9.62 Å². The summed E-state index contributed by atoms with van der Waals surface area (Å²) in [7, 11) is -3.42. The average Bonchev–Trinajstić information content (AvgIpc) is 2.85. The summed E-state index contributed by atoms with van der Waals surface area (Å²) in [5.41, 5.74) is 3.85. The highest BCUT2D eigenvalue weighted by Gasteiger charge is 2.32. The lowest BCUT2D eigenvalue weighted by atomic mass is 9.94. The Morgan fingerprint density at radius 3 is 1.94 bits per heavy atom. The number of sulfonamides is 1. The van der Waals surface area contributed by atoms with Crippen molar-refractivity contribution in [3.63, 3.8) is 0 Å². The van der Waals surface area contributed by atoms with Crippen LogP contribution in [0.15, 0.2) is 84.9 Å². The van der Waals surface area contributed by atoms with Crippen LogP contribution in [0.1, 0.15) is 41.1 Å². The van der Waals surface area contributed by atoms with Crippen molar-refractivity contribution in [2.75, 3.05) is 13.1 Å². The van der Waals surface area contributed by atoms with Crippen LogP contribution in [0.5, 0.6) is 0 Å². The van der Waals surface area contributed by atoms with Crippen LogP contribution in [0, 0.1) is 12.8 Å². The standard InChI is InChI=1S/C27H30N2O3S/c1-21-10-8-9-15-25(21)20-33(31,32)29-18-16-24(17-19-29)27(30)28-26(22-11-4-2-5-12-22)23-13-6-3-7-14-23/h2-15,24,26H,16-20H2,1H3,(H,28,30). The van der Waals surface area contributed by atoms with E-state index < -0.39 is 10.0 Å². The second-order valence-corrected chi connectivity index (χ2v) is 10.6. The van der Waals surface area contributed by atoms with E-state index in [1.54, 1.807) is 0 Å². The first-order chi connectivity index (χ1) is 15.9. The number of aryl methyl sites for hydroxylation is 1. The zero-order valence-electron chi connectivity index (χ0n) is 18.9. The Morgan fingerprint density at radius 1 is 0.879 bits per heavy atom. The third-order valence-corrected chi connectivity index (χ3v) is 8.20. The minimum absolute atomic E-state index is 0.000620. The first-order valence-electron chi connectivity index (χ1n) is 11.4. The molecule has 0 bridgehead atoms. The van der Waals surface area contributed by atoms with E-state index in [2.05, 4.69) is 5.32 Å². The molecule has 172 valence electrons. The van der Waals surface area contributed by atoms with Gasteiger partial charge >= 0.3 is 0 Å². The van der Waals surface area contributed by atoms with Crippen molar-refractivity contribution < 1.29 is 13.2 Å². The van der Waals surface area contributed by atoms with Gasteiger partial charge in [0.2, 0.25) is 15.9 Å². The highest BCUT2D eigenvalue weighted by atomic mass is 32.2. The van der Waals surface area contributed by atoms with Crippen LogP contribution in [0.2, 0.25) is 0 Å². The number of carbonyl (C=O) groups is 1. The molecule has 1 saturated heterocycles. The third-order valence-electron chi connectivity index (χ3n) is 6.37. The lowest BCUT2D eigenvalue weighted by molar-refractivity contribution is -0.126. The number of nitrogens with one attached hydrogen (secondary N) is 1. The summed E-state index contributed by atoms with van der Waals surface area (Å²) in [6.45, 7) is 2.67. The summed E-state index contributed by atoms with van der Waals surface area (Å²) < 4.78 is 27.5. The molecular formula is C27H30N2O3S. The number of rotatable bonds is 7. The minimum Gasteiger partial charge on any atom is -0.345 e. The zero-order chi connectivity index (χ0) is 23.3. The molecule has 0 spiro atoms. The summed E-state index contributed by atoms with van der Waals surface area (Å²) in [6.07, 6.45) is 1.05. The van der Waals surface area contributed by atoms with Gasteiger partial charge in [0.1, 0.15) is 0 Å². The van der Waals surface area contributed by atoms with Crippen molar-refractivity contribution in [3.05, 3.63) is 107 Å². The predicted molar refractivity (Wildman–Crippen MR) is 131 cm³/mol. The topological polar surface area (TPSA) is 66.5 Å². The summed E-state index contributed by atoms with van der Waals surface area (Å²) in [5.74, 6) is -0.228. The molecule has 1 aliphatic heterocycles. The van der Waals surface area contributed by atoms with Crippen LogP contribution in [0.25, 0.3) is 0 Å².